The molecule has 8 heteroatoms. The first-order chi connectivity index (χ1) is 16.0. The third kappa shape index (κ3) is 5.27. The molecule has 1 amide bonds. The van der Waals surface area contributed by atoms with Crippen molar-refractivity contribution < 1.29 is 23.8 Å². The van der Waals surface area contributed by atoms with Crippen molar-refractivity contribution >= 4 is 29.3 Å². The van der Waals surface area contributed by atoms with Gasteiger partial charge in [0, 0.05) is 21.5 Å². The van der Waals surface area contributed by atoms with E-state index in [9.17, 15) is 14.9 Å². The lowest BCUT2D eigenvalue weighted by atomic mass is 10.2. The van der Waals surface area contributed by atoms with Gasteiger partial charge in [-0.25, -0.2) is 4.79 Å². The monoisotopic (exact) mass is 460 g/mol. The lowest BCUT2D eigenvalue weighted by Crippen LogP contribution is -2.30. The van der Waals surface area contributed by atoms with Crippen LogP contribution in [0.4, 0.5) is 5.69 Å². The van der Waals surface area contributed by atoms with E-state index in [1.54, 1.807) is 54.6 Å². The fourth-order valence-corrected chi connectivity index (χ4v) is 4.15. The lowest BCUT2D eigenvalue weighted by Gasteiger charge is -2.19. The van der Waals surface area contributed by atoms with Gasteiger partial charge in [-0.15, -0.1) is 0 Å². The molecule has 1 heterocycles. The van der Waals surface area contributed by atoms with Gasteiger partial charge in [0.05, 0.1) is 11.1 Å². The number of hydrogen-bond acceptors (Lipinski definition) is 7. The number of nitriles is 1. The van der Waals surface area contributed by atoms with Crippen LogP contribution in [-0.4, -0.2) is 31.2 Å². The molecule has 0 spiro atoms. The number of benzene rings is 3. The second-order valence-electron chi connectivity index (χ2n) is 7.10. The number of carbonyl (C=O) groups excluding carboxylic acids is 2. The molecule has 1 aliphatic rings. The smallest absolute Gasteiger partial charge is 0.340 e. The molecular weight excluding hydrogens is 440 g/mol. The Morgan fingerprint density at radius 2 is 1.70 bits per heavy atom. The first-order valence-corrected chi connectivity index (χ1v) is 11.0. The maximum Gasteiger partial charge on any atom is 0.340 e. The number of ether oxygens (including phenoxy) is 3. The van der Waals surface area contributed by atoms with Crippen molar-refractivity contribution in [3.05, 3.63) is 77.9 Å². The fourth-order valence-electron chi connectivity index (χ4n) is 3.13. The van der Waals surface area contributed by atoms with Gasteiger partial charge in [-0.1, -0.05) is 36.0 Å². The molecule has 0 saturated heterocycles. The molecule has 33 heavy (non-hydrogen) atoms. The Morgan fingerprint density at radius 1 is 1.00 bits per heavy atom. The van der Waals surface area contributed by atoms with Crippen molar-refractivity contribution in [1.82, 2.24) is 0 Å². The number of nitrogens with zero attached hydrogens (tertiary/aromatic N) is 1. The van der Waals surface area contributed by atoms with E-state index in [4.69, 9.17) is 14.2 Å². The van der Waals surface area contributed by atoms with Gasteiger partial charge in [0.1, 0.15) is 19.3 Å². The molecule has 0 aromatic heterocycles. The number of esters is 1. The Balaban J connectivity index is 1.44. The Morgan fingerprint density at radius 3 is 2.48 bits per heavy atom. The highest BCUT2D eigenvalue weighted by Crippen LogP contribution is 2.34. The molecule has 0 bridgehead atoms. The van der Waals surface area contributed by atoms with Gasteiger partial charge in [-0.3, -0.25) is 4.79 Å². The highest BCUT2D eigenvalue weighted by molar-refractivity contribution is 7.99. The summed E-state index contributed by atoms with van der Waals surface area (Å²) in [6.07, 6.45) is -1.03. The predicted octanol–water partition coefficient (Wildman–Crippen LogP) is 4.66. The van der Waals surface area contributed by atoms with Gasteiger partial charge in [0.25, 0.3) is 5.91 Å². The van der Waals surface area contributed by atoms with Crippen LogP contribution in [0, 0.1) is 11.3 Å². The van der Waals surface area contributed by atoms with E-state index >= 15 is 0 Å². The summed E-state index contributed by atoms with van der Waals surface area (Å²) in [6.45, 7) is 2.42. The zero-order chi connectivity index (χ0) is 23.2. The number of hydrogen-bond donors (Lipinski definition) is 1. The van der Waals surface area contributed by atoms with Crippen LogP contribution < -0.4 is 14.8 Å². The molecular formula is C25H20N2O5S. The topological polar surface area (TPSA) is 97.7 Å². The number of amides is 1. The summed E-state index contributed by atoms with van der Waals surface area (Å²) in [5.74, 6) is 0.0652. The molecule has 166 valence electrons. The van der Waals surface area contributed by atoms with Crippen LogP contribution in [-0.2, 0) is 9.53 Å². The van der Waals surface area contributed by atoms with Crippen molar-refractivity contribution in [3.63, 3.8) is 0 Å². The summed E-state index contributed by atoms with van der Waals surface area (Å²) in [6, 6.07) is 21.3. The highest BCUT2D eigenvalue weighted by atomic mass is 32.2. The maximum absolute atomic E-state index is 12.9. The summed E-state index contributed by atoms with van der Waals surface area (Å²) in [4.78, 5) is 26.8. The van der Waals surface area contributed by atoms with E-state index in [0.29, 0.717) is 46.4 Å². The Labute approximate surface area is 195 Å². The van der Waals surface area contributed by atoms with Crippen LogP contribution >= 0.6 is 11.8 Å². The van der Waals surface area contributed by atoms with Crippen LogP contribution in [0.25, 0.3) is 0 Å². The van der Waals surface area contributed by atoms with E-state index in [2.05, 4.69) is 11.4 Å². The SMILES string of the molecule is C[C@H](OC(=O)c1ccccc1Sc1ccccc1C#N)C(=O)Nc1ccc2c(c1)OCCO2. The minimum Gasteiger partial charge on any atom is -0.486 e. The molecule has 3 aromatic carbocycles. The van der Waals surface area contributed by atoms with Gasteiger partial charge < -0.3 is 19.5 Å². The number of anilines is 1. The van der Waals surface area contributed by atoms with Crippen LogP contribution in [0.5, 0.6) is 11.5 Å². The second kappa shape index (κ2) is 10.1. The van der Waals surface area contributed by atoms with Gasteiger partial charge in [-0.2, -0.15) is 5.26 Å². The molecule has 0 aliphatic carbocycles. The van der Waals surface area contributed by atoms with E-state index in [-0.39, 0.29) is 0 Å². The van der Waals surface area contributed by atoms with Gasteiger partial charge in [0.15, 0.2) is 17.6 Å². The Kier molecular flexibility index (Phi) is 6.81. The summed E-state index contributed by atoms with van der Waals surface area (Å²) in [5, 5.41) is 12.1. The summed E-state index contributed by atoms with van der Waals surface area (Å²) < 4.78 is 16.4. The van der Waals surface area contributed by atoms with E-state index < -0.39 is 18.0 Å². The molecule has 1 aliphatic heterocycles. The largest absolute Gasteiger partial charge is 0.486 e. The number of rotatable bonds is 6. The second-order valence-corrected chi connectivity index (χ2v) is 8.19. The first kappa shape index (κ1) is 22.2. The summed E-state index contributed by atoms with van der Waals surface area (Å²) >= 11 is 1.30. The average molecular weight is 461 g/mol. The average Bonchev–Trinajstić information content (AvgIpc) is 2.84. The quantitative estimate of drug-likeness (QED) is 0.534. The van der Waals surface area contributed by atoms with Crippen LogP contribution in [0.2, 0.25) is 0 Å². The molecule has 1 N–H and O–H groups in total. The molecule has 0 unspecified atom stereocenters. The van der Waals surface area contributed by atoms with Crippen LogP contribution in [0.1, 0.15) is 22.8 Å². The number of nitrogens with one attached hydrogen (secondary N) is 1. The van der Waals surface area contributed by atoms with Gasteiger partial charge in [0.2, 0.25) is 0 Å². The van der Waals surface area contributed by atoms with E-state index in [1.807, 2.05) is 12.1 Å². The highest BCUT2D eigenvalue weighted by Gasteiger charge is 2.22. The van der Waals surface area contributed by atoms with Crippen LogP contribution in [0.15, 0.2) is 76.5 Å². The first-order valence-electron chi connectivity index (χ1n) is 10.2. The number of carbonyl (C=O) groups is 2. The van der Waals surface area contributed by atoms with Crippen molar-refractivity contribution in [1.29, 1.82) is 5.26 Å². The lowest BCUT2D eigenvalue weighted by molar-refractivity contribution is -0.123. The predicted molar refractivity (Wildman–Crippen MR) is 123 cm³/mol. The standard InChI is InChI=1S/C25H20N2O5S/c1-16(24(28)27-18-10-11-20-21(14-18)31-13-12-30-20)32-25(29)19-7-3-5-9-23(19)33-22-8-4-2-6-17(22)15-26/h2-11,14,16H,12-13H2,1H3,(H,27,28)/t16-/m0/s1. The van der Waals surface area contributed by atoms with Gasteiger partial charge in [-0.05, 0) is 43.3 Å². The maximum atomic E-state index is 12.9. The minimum atomic E-state index is -1.03. The molecule has 3 aromatic rings. The molecule has 7 nitrogen and oxygen atoms in total. The van der Waals surface area contributed by atoms with E-state index in [0.717, 1.165) is 4.90 Å². The molecule has 0 saturated carbocycles. The summed E-state index contributed by atoms with van der Waals surface area (Å²) in [7, 11) is 0. The third-order valence-electron chi connectivity index (χ3n) is 4.80. The molecule has 0 radical (unpaired) electrons. The van der Waals surface area contributed by atoms with E-state index in [1.165, 1.54) is 18.7 Å². The third-order valence-corrected chi connectivity index (χ3v) is 5.95. The van der Waals surface area contributed by atoms with Crippen LogP contribution in [0.3, 0.4) is 0 Å². The fraction of sp³-hybridized carbons (Fsp3) is 0.160. The van der Waals surface area contributed by atoms with Crippen molar-refractivity contribution in [3.8, 4) is 17.6 Å². The zero-order valence-electron chi connectivity index (χ0n) is 17.7. The Bertz CT molecular complexity index is 1240. The molecule has 4 rings (SSSR count). The Hall–Kier alpha value is -3.96. The summed E-state index contributed by atoms with van der Waals surface area (Å²) in [5.41, 5.74) is 1.34. The normalized spacial score (nSPS) is 12.8. The molecule has 0 fully saturated rings. The van der Waals surface area contributed by atoms with Crippen molar-refractivity contribution in [2.45, 2.75) is 22.8 Å². The number of fused-ring (bicyclic) bond motifs is 1. The molecule has 1 atom stereocenters. The van der Waals surface area contributed by atoms with Crippen molar-refractivity contribution in [2.24, 2.45) is 0 Å². The minimum absolute atomic E-state index is 0.314. The van der Waals surface area contributed by atoms with Gasteiger partial charge >= 0.3 is 5.97 Å². The zero-order valence-corrected chi connectivity index (χ0v) is 18.6. The van der Waals surface area contributed by atoms with Crippen molar-refractivity contribution in [2.75, 3.05) is 18.5 Å².